The molecule has 1 aliphatic rings. The average molecular weight is 420 g/mol. The second-order valence-corrected chi connectivity index (χ2v) is 7.22. The highest BCUT2D eigenvalue weighted by Gasteiger charge is 2.19. The van der Waals surface area contributed by atoms with E-state index in [0.29, 0.717) is 35.4 Å². The van der Waals surface area contributed by atoms with Crippen LogP contribution in [0.25, 0.3) is 34.1 Å². The number of aromatic nitrogens is 9. The van der Waals surface area contributed by atoms with Crippen LogP contribution in [0.3, 0.4) is 0 Å². The Hall–Kier alpha value is -4.49. The van der Waals surface area contributed by atoms with Gasteiger partial charge in [-0.05, 0) is 36.3 Å². The second-order valence-electron chi connectivity index (χ2n) is 7.22. The fourth-order valence-corrected chi connectivity index (χ4v) is 3.56. The first-order valence-electron chi connectivity index (χ1n) is 10.1. The number of benzene rings is 1. The number of rotatable bonds is 2. The summed E-state index contributed by atoms with van der Waals surface area (Å²) in [7, 11) is 0. The Kier molecular flexibility index (Phi) is 4.37. The molecule has 0 fully saturated rings. The minimum atomic E-state index is 0.478. The highest BCUT2D eigenvalue weighted by Crippen LogP contribution is 2.19. The number of aromatic amines is 1. The summed E-state index contributed by atoms with van der Waals surface area (Å²) in [5, 5.41) is 19.8. The van der Waals surface area contributed by atoms with Gasteiger partial charge in [-0.3, -0.25) is 5.10 Å². The van der Waals surface area contributed by atoms with Gasteiger partial charge in [-0.25, -0.2) is 19.9 Å². The molecule has 10 heteroatoms. The lowest BCUT2D eigenvalue weighted by molar-refractivity contribution is 0.507. The number of fused-ring (bicyclic) bond motifs is 2. The summed E-state index contributed by atoms with van der Waals surface area (Å²) in [5.41, 5.74) is 3.07. The van der Waals surface area contributed by atoms with Crippen LogP contribution in [-0.4, -0.2) is 51.4 Å². The van der Waals surface area contributed by atoms with E-state index in [1.807, 2.05) is 22.8 Å². The van der Waals surface area contributed by atoms with Gasteiger partial charge in [-0.1, -0.05) is 5.92 Å². The second kappa shape index (κ2) is 7.64. The highest BCUT2D eigenvalue weighted by molar-refractivity contribution is 5.79. The minimum Gasteiger partial charge on any atom is -0.308 e. The van der Waals surface area contributed by atoms with Gasteiger partial charge in [0.15, 0.2) is 11.6 Å². The van der Waals surface area contributed by atoms with E-state index in [9.17, 15) is 0 Å². The van der Waals surface area contributed by atoms with Crippen LogP contribution in [0.5, 0.6) is 0 Å². The topological polar surface area (TPSA) is 123 Å². The molecule has 0 radical (unpaired) electrons. The quantitative estimate of drug-likeness (QED) is 0.413. The van der Waals surface area contributed by atoms with Crippen molar-refractivity contribution in [2.75, 3.05) is 6.54 Å². The molecule has 0 bridgehead atoms. The van der Waals surface area contributed by atoms with Crippen molar-refractivity contribution in [1.82, 2.24) is 50.2 Å². The van der Waals surface area contributed by atoms with Gasteiger partial charge in [0.1, 0.15) is 17.2 Å². The molecular formula is C22H16N10. The third kappa shape index (κ3) is 3.36. The van der Waals surface area contributed by atoms with E-state index in [4.69, 9.17) is 0 Å². The number of hydrogen-bond donors (Lipinski definition) is 2. The zero-order valence-corrected chi connectivity index (χ0v) is 16.8. The van der Waals surface area contributed by atoms with Crippen LogP contribution in [0, 0.1) is 11.8 Å². The predicted molar refractivity (Wildman–Crippen MR) is 116 cm³/mol. The monoisotopic (exact) mass is 420 g/mol. The van der Waals surface area contributed by atoms with Crippen molar-refractivity contribution >= 4 is 10.9 Å². The van der Waals surface area contributed by atoms with Gasteiger partial charge in [0.2, 0.25) is 5.82 Å². The SMILES string of the molecule is C(#Cc1ccnc(-c2ccnc(-c3nnc4n3CCNC4)n2)n1)c1ccc2[nH]ncc2c1. The maximum absolute atomic E-state index is 4.64. The normalized spacial score (nSPS) is 12.9. The first-order valence-corrected chi connectivity index (χ1v) is 10.1. The van der Waals surface area contributed by atoms with Crippen LogP contribution in [0.4, 0.5) is 0 Å². The molecule has 154 valence electrons. The first-order chi connectivity index (χ1) is 15.8. The number of nitrogens with one attached hydrogen (secondary N) is 2. The average Bonchev–Trinajstić information content (AvgIpc) is 3.50. The minimum absolute atomic E-state index is 0.478. The maximum atomic E-state index is 4.64. The molecule has 1 aliphatic heterocycles. The molecule has 2 N–H and O–H groups in total. The third-order valence-electron chi connectivity index (χ3n) is 5.14. The van der Waals surface area contributed by atoms with E-state index >= 15 is 0 Å². The number of nitrogens with zero attached hydrogens (tertiary/aromatic N) is 8. The van der Waals surface area contributed by atoms with Crippen LogP contribution in [0.1, 0.15) is 17.1 Å². The Morgan fingerprint density at radius 2 is 1.88 bits per heavy atom. The zero-order chi connectivity index (χ0) is 21.3. The van der Waals surface area contributed by atoms with Crippen molar-refractivity contribution in [1.29, 1.82) is 0 Å². The van der Waals surface area contributed by atoms with Crippen LogP contribution < -0.4 is 5.32 Å². The molecule has 0 unspecified atom stereocenters. The molecule has 0 atom stereocenters. The molecule has 6 rings (SSSR count). The summed E-state index contributed by atoms with van der Waals surface area (Å²) in [5.74, 6) is 8.75. The van der Waals surface area contributed by atoms with Gasteiger partial charge in [-0.2, -0.15) is 5.10 Å². The summed E-state index contributed by atoms with van der Waals surface area (Å²) in [6.07, 6.45) is 5.14. The molecule has 1 aromatic carbocycles. The number of H-pyrrole nitrogens is 1. The molecule has 4 aromatic heterocycles. The van der Waals surface area contributed by atoms with Crippen molar-refractivity contribution in [3.63, 3.8) is 0 Å². The molecule has 0 aliphatic carbocycles. The van der Waals surface area contributed by atoms with E-state index in [2.05, 4.69) is 57.5 Å². The Labute approximate surface area is 182 Å². The molecule has 0 spiro atoms. The van der Waals surface area contributed by atoms with Gasteiger partial charge in [0.25, 0.3) is 0 Å². The van der Waals surface area contributed by atoms with Crippen molar-refractivity contribution < 1.29 is 0 Å². The summed E-state index contributed by atoms with van der Waals surface area (Å²) >= 11 is 0. The van der Waals surface area contributed by atoms with E-state index in [0.717, 1.165) is 35.4 Å². The van der Waals surface area contributed by atoms with E-state index in [1.165, 1.54) is 0 Å². The largest absolute Gasteiger partial charge is 0.308 e. The number of hydrogen-bond acceptors (Lipinski definition) is 8. The van der Waals surface area contributed by atoms with Crippen LogP contribution in [0.15, 0.2) is 48.9 Å². The molecule has 5 aromatic rings. The first kappa shape index (κ1) is 18.3. The van der Waals surface area contributed by atoms with Crippen molar-refractivity contribution in [2.45, 2.75) is 13.1 Å². The van der Waals surface area contributed by atoms with Crippen LogP contribution >= 0.6 is 0 Å². The Morgan fingerprint density at radius 1 is 0.938 bits per heavy atom. The predicted octanol–water partition coefficient (Wildman–Crippen LogP) is 1.57. The van der Waals surface area contributed by atoms with Crippen LogP contribution in [-0.2, 0) is 13.1 Å². The van der Waals surface area contributed by atoms with Gasteiger partial charge in [0.05, 0.1) is 18.3 Å². The van der Waals surface area contributed by atoms with E-state index < -0.39 is 0 Å². The van der Waals surface area contributed by atoms with Crippen LogP contribution in [0.2, 0.25) is 0 Å². The molecule has 0 saturated heterocycles. The van der Waals surface area contributed by atoms with Gasteiger partial charge < -0.3 is 9.88 Å². The molecular weight excluding hydrogens is 404 g/mol. The maximum Gasteiger partial charge on any atom is 0.201 e. The molecule has 5 heterocycles. The standard InChI is InChI=1S/C22H16N10/c1(14-2-4-17-15(11-14)12-26-29-17)3-16-5-7-24-20(27-16)18-6-8-25-21(28-18)22-31-30-19-13-23-9-10-32(19)22/h2,4-8,11-12,23H,9-10,13H2,(H,26,29). The summed E-state index contributed by atoms with van der Waals surface area (Å²) in [6, 6.07) is 9.44. The molecule has 0 saturated carbocycles. The molecule has 0 amide bonds. The van der Waals surface area contributed by atoms with Crippen molar-refractivity contribution in [2.24, 2.45) is 0 Å². The Bertz CT molecular complexity index is 1500. The lowest BCUT2D eigenvalue weighted by atomic mass is 10.1. The zero-order valence-electron chi connectivity index (χ0n) is 16.8. The summed E-state index contributed by atoms with van der Waals surface area (Å²) in [4.78, 5) is 18.0. The van der Waals surface area contributed by atoms with E-state index in [-0.39, 0.29) is 0 Å². The summed E-state index contributed by atoms with van der Waals surface area (Å²) in [6.45, 7) is 2.32. The highest BCUT2D eigenvalue weighted by atomic mass is 15.3. The van der Waals surface area contributed by atoms with Crippen molar-refractivity contribution in [3.05, 3.63) is 66.0 Å². The molecule has 10 nitrogen and oxygen atoms in total. The van der Waals surface area contributed by atoms with Gasteiger partial charge >= 0.3 is 0 Å². The Balaban J connectivity index is 1.31. The van der Waals surface area contributed by atoms with Gasteiger partial charge in [-0.15, -0.1) is 10.2 Å². The third-order valence-corrected chi connectivity index (χ3v) is 5.14. The fourth-order valence-electron chi connectivity index (χ4n) is 3.56. The lowest BCUT2D eigenvalue weighted by Gasteiger charge is -2.15. The smallest absolute Gasteiger partial charge is 0.201 e. The lowest BCUT2D eigenvalue weighted by Crippen LogP contribution is -2.28. The molecule has 32 heavy (non-hydrogen) atoms. The Morgan fingerprint density at radius 3 is 2.88 bits per heavy atom. The van der Waals surface area contributed by atoms with E-state index in [1.54, 1.807) is 30.7 Å². The summed E-state index contributed by atoms with van der Waals surface area (Å²) < 4.78 is 2.04. The fraction of sp³-hybridized carbons (Fsp3) is 0.136. The van der Waals surface area contributed by atoms with Crippen molar-refractivity contribution in [3.8, 4) is 35.0 Å². The van der Waals surface area contributed by atoms with Gasteiger partial charge in [0, 0.05) is 36.4 Å².